The first kappa shape index (κ1) is 16.7. The zero-order valence-corrected chi connectivity index (χ0v) is 13.1. The van der Waals surface area contributed by atoms with E-state index in [1.165, 1.54) is 0 Å². The van der Waals surface area contributed by atoms with Gasteiger partial charge in [-0.15, -0.1) is 0 Å². The van der Waals surface area contributed by atoms with Crippen molar-refractivity contribution in [1.82, 2.24) is 10.6 Å². The molecule has 0 bridgehead atoms. The van der Waals surface area contributed by atoms with Crippen LogP contribution in [0.25, 0.3) is 0 Å². The lowest BCUT2D eigenvalue weighted by Gasteiger charge is -2.18. The number of carbonyl (C=O) groups excluding carboxylic acids is 2. The van der Waals surface area contributed by atoms with Crippen LogP contribution in [-0.2, 0) is 25.5 Å². The largest absolute Gasteiger partial charge is 0.370 e. The Hall–Kier alpha value is -2.16. The van der Waals surface area contributed by atoms with Gasteiger partial charge in [0.2, 0.25) is 5.91 Å². The number of nitrogens with two attached hydrogens (primary N) is 1. The standard InChI is InChI=1S/C16H21N3O5/c17-13(20)9-22-12-8-24-14-11(7-23-15(12)14)19-16(21)18-6-10-4-2-1-3-5-10/h1-5,11-12,14-15H,6-9H2,(H2,17,20)(H2,18,19,21)/t11-,12-,14-,15+/m1/s1. The minimum atomic E-state index is -0.536. The van der Waals surface area contributed by atoms with E-state index in [4.69, 9.17) is 19.9 Å². The van der Waals surface area contributed by atoms with Crippen molar-refractivity contribution in [2.75, 3.05) is 19.8 Å². The first-order chi connectivity index (χ1) is 11.6. The number of urea groups is 1. The highest BCUT2D eigenvalue weighted by Gasteiger charge is 2.48. The summed E-state index contributed by atoms with van der Waals surface area (Å²) in [5.41, 5.74) is 6.09. The third kappa shape index (κ3) is 4.02. The summed E-state index contributed by atoms with van der Waals surface area (Å²) in [7, 11) is 0. The van der Waals surface area contributed by atoms with Crippen molar-refractivity contribution in [2.45, 2.75) is 30.9 Å². The average molecular weight is 335 g/mol. The molecular formula is C16H21N3O5. The molecule has 2 aliphatic heterocycles. The molecule has 2 saturated heterocycles. The Bertz CT molecular complexity index is 582. The fourth-order valence-electron chi connectivity index (χ4n) is 2.92. The minimum Gasteiger partial charge on any atom is -0.370 e. The van der Waals surface area contributed by atoms with Crippen LogP contribution in [0.4, 0.5) is 4.79 Å². The van der Waals surface area contributed by atoms with E-state index in [9.17, 15) is 9.59 Å². The van der Waals surface area contributed by atoms with Gasteiger partial charge in [0.1, 0.15) is 24.9 Å². The Morgan fingerprint density at radius 1 is 1.17 bits per heavy atom. The van der Waals surface area contributed by atoms with Gasteiger partial charge in [-0.25, -0.2) is 4.79 Å². The van der Waals surface area contributed by atoms with Gasteiger partial charge in [-0.05, 0) is 5.56 Å². The number of hydrogen-bond donors (Lipinski definition) is 3. The number of carbonyl (C=O) groups is 2. The third-order valence-corrected chi connectivity index (χ3v) is 4.06. The lowest BCUT2D eigenvalue weighted by Crippen LogP contribution is -2.48. The fourth-order valence-corrected chi connectivity index (χ4v) is 2.92. The molecule has 4 atom stereocenters. The van der Waals surface area contributed by atoms with Gasteiger partial charge in [0.25, 0.3) is 0 Å². The first-order valence-corrected chi connectivity index (χ1v) is 7.85. The van der Waals surface area contributed by atoms with Crippen molar-refractivity contribution in [2.24, 2.45) is 5.73 Å². The molecule has 130 valence electrons. The molecule has 8 nitrogen and oxygen atoms in total. The van der Waals surface area contributed by atoms with Crippen LogP contribution < -0.4 is 16.4 Å². The van der Waals surface area contributed by atoms with Crippen molar-refractivity contribution in [3.8, 4) is 0 Å². The van der Waals surface area contributed by atoms with E-state index in [1.54, 1.807) is 0 Å². The van der Waals surface area contributed by atoms with Gasteiger partial charge in [-0.3, -0.25) is 4.79 Å². The second kappa shape index (κ2) is 7.61. The van der Waals surface area contributed by atoms with Crippen molar-refractivity contribution in [1.29, 1.82) is 0 Å². The summed E-state index contributed by atoms with van der Waals surface area (Å²) in [5.74, 6) is -0.536. The summed E-state index contributed by atoms with van der Waals surface area (Å²) >= 11 is 0. The van der Waals surface area contributed by atoms with E-state index in [-0.39, 0.29) is 37.0 Å². The molecule has 2 fully saturated rings. The number of primary amides is 1. The minimum absolute atomic E-state index is 0.170. The molecule has 3 rings (SSSR count). The Kier molecular flexibility index (Phi) is 5.29. The molecule has 8 heteroatoms. The second-order valence-electron chi connectivity index (χ2n) is 5.83. The molecule has 3 amide bonds. The van der Waals surface area contributed by atoms with Gasteiger partial charge in [-0.1, -0.05) is 30.3 Å². The molecule has 2 heterocycles. The van der Waals surface area contributed by atoms with Crippen LogP contribution in [-0.4, -0.2) is 56.1 Å². The van der Waals surface area contributed by atoms with Gasteiger partial charge in [-0.2, -0.15) is 0 Å². The zero-order chi connectivity index (χ0) is 16.9. The second-order valence-corrected chi connectivity index (χ2v) is 5.83. The Labute approximate surface area is 139 Å². The fraction of sp³-hybridized carbons (Fsp3) is 0.500. The summed E-state index contributed by atoms with van der Waals surface area (Å²) in [4.78, 5) is 22.8. The van der Waals surface area contributed by atoms with Crippen LogP contribution in [0.3, 0.4) is 0 Å². The van der Waals surface area contributed by atoms with Gasteiger partial charge in [0.05, 0.1) is 19.3 Å². The van der Waals surface area contributed by atoms with Crippen LogP contribution in [0.2, 0.25) is 0 Å². The maximum Gasteiger partial charge on any atom is 0.315 e. The Balaban J connectivity index is 1.45. The van der Waals surface area contributed by atoms with Crippen molar-refractivity contribution >= 4 is 11.9 Å². The monoisotopic (exact) mass is 335 g/mol. The van der Waals surface area contributed by atoms with Gasteiger partial charge in [0.15, 0.2) is 0 Å². The lowest BCUT2D eigenvalue weighted by molar-refractivity contribution is -0.126. The highest BCUT2D eigenvalue weighted by atomic mass is 16.6. The molecule has 1 aromatic rings. The maximum absolute atomic E-state index is 12.0. The van der Waals surface area contributed by atoms with Crippen molar-refractivity contribution in [3.63, 3.8) is 0 Å². The number of amides is 3. The number of ether oxygens (including phenoxy) is 3. The molecule has 0 spiro atoms. The molecular weight excluding hydrogens is 314 g/mol. The smallest absolute Gasteiger partial charge is 0.315 e. The summed E-state index contributed by atoms with van der Waals surface area (Å²) in [6, 6.07) is 9.11. The summed E-state index contributed by atoms with van der Waals surface area (Å²) in [6.07, 6.45) is -0.934. The number of hydrogen-bond acceptors (Lipinski definition) is 5. The van der Waals surface area contributed by atoms with Gasteiger partial charge < -0.3 is 30.6 Å². The predicted octanol–water partition coefficient (Wildman–Crippen LogP) is -0.477. The van der Waals surface area contributed by atoms with Crippen LogP contribution >= 0.6 is 0 Å². The topological polar surface area (TPSA) is 112 Å². The number of benzene rings is 1. The highest BCUT2D eigenvalue weighted by molar-refractivity contribution is 5.75. The molecule has 0 unspecified atom stereocenters. The molecule has 24 heavy (non-hydrogen) atoms. The predicted molar refractivity (Wildman–Crippen MR) is 84.0 cm³/mol. The van der Waals surface area contributed by atoms with Crippen LogP contribution in [0.15, 0.2) is 30.3 Å². The SMILES string of the molecule is NC(=O)CO[C@@H]1CO[C@H]2[C@H]1OC[C@H]2NC(=O)NCc1ccccc1. The van der Waals surface area contributed by atoms with Crippen LogP contribution in [0.1, 0.15) is 5.56 Å². The molecule has 1 aromatic carbocycles. The Morgan fingerprint density at radius 2 is 1.92 bits per heavy atom. The average Bonchev–Trinajstić information content (AvgIpc) is 3.15. The molecule has 4 N–H and O–H groups in total. The van der Waals surface area contributed by atoms with Gasteiger partial charge in [0, 0.05) is 6.54 Å². The molecule has 0 aliphatic carbocycles. The first-order valence-electron chi connectivity index (χ1n) is 7.85. The number of fused-ring (bicyclic) bond motifs is 1. The molecule has 0 radical (unpaired) electrons. The summed E-state index contributed by atoms with van der Waals surface area (Å²) in [6.45, 7) is 0.923. The zero-order valence-electron chi connectivity index (χ0n) is 13.1. The van der Waals surface area contributed by atoms with Crippen molar-refractivity contribution in [3.05, 3.63) is 35.9 Å². The van der Waals surface area contributed by atoms with Gasteiger partial charge >= 0.3 is 6.03 Å². The quantitative estimate of drug-likeness (QED) is 0.650. The number of rotatable bonds is 6. The number of nitrogens with one attached hydrogen (secondary N) is 2. The summed E-state index contributed by atoms with van der Waals surface area (Å²) < 4.78 is 16.7. The third-order valence-electron chi connectivity index (χ3n) is 4.06. The molecule has 2 aliphatic rings. The Morgan fingerprint density at radius 3 is 2.67 bits per heavy atom. The normalized spacial score (nSPS) is 28.3. The van der Waals surface area contributed by atoms with E-state index in [0.717, 1.165) is 5.56 Å². The van der Waals surface area contributed by atoms with Crippen LogP contribution in [0, 0.1) is 0 Å². The van der Waals surface area contributed by atoms with E-state index >= 15 is 0 Å². The maximum atomic E-state index is 12.0. The van der Waals surface area contributed by atoms with E-state index in [2.05, 4.69) is 10.6 Å². The highest BCUT2D eigenvalue weighted by Crippen LogP contribution is 2.28. The van der Waals surface area contributed by atoms with Crippen molar-refractivity contribution < 1.29 is 23.8 Å². The van der Waals surface area contributed by atoms with E-state index < -0.39 is 5.91 Å². The van der Waals surface area contributed by atoms with E-state index in [0.29, 0.717) is 19.8 Å². The summed E-state index contributed by atoms with van der Waals surface area (Å²) in [5, 5.41) is 5.66. The van der Waals surface area contributed by atoms with E-state index in [1.807, 2.05) is 30.3 Å². The molecule has 0 aromatic heterocycles. The lowest BCUT2D eigenvalue weighted by atomic mass is 10.1. The molecule has 0 saturated carbocycles. The van der Waals surface area contributed by atoms with Crippen LogP contribution in [0.5, 0.6) is 0 Å².